The molecule has 0 unspecified atom stereocenters. The van der Waals surface area contributed by atoms with E-state index in [-0.39, 0.29) is 11.8 Å². The maximum atomic E-state index is 9.65. The number of ether oxygens (including phenoxy) is 2. The van der Waals surface area contributed by atoms with E-state index in [0.717, 1.165) is 67.2 Å². The normalized spacial score (nSPS) is 22.6. The van der Waals surface area contributed by atoms with Crippen LogP contribution in [-0.2, 0) is 0 Å². The van der Waals surface area contributed by atoms with E-state index < -0.39 is 5.72 Å². The van der Waals surface area contributed by atoms with Gasteiger partial charge in [-0.25, -0.2) is 5.01 Å². The zero-order valence-corrected chi connectivity index (χ0v) is 17.0. The molecule has 0 radical (unpaired) electrons. The molecule has 152 valence electrons. The number of para-hydroxylation sites is 1. The van der Waals surface area contributed by atoms with Gasteiger partial charge in [-0.05, 0) is 42.4 Å². The van der Waals surface area contributed by atoms with Crippen molar-refractivity contribution < 1.29 is 14.6 Å². The van der Waals surface area contributed by atoms with Crippen molar-refractivity contribution in [3.63, 3.8) is 0 Å². The fraction of sp³-hybridized carbons (Fsp3) is 0.435. The van der Waals surface area contributed by atoms with Gasteiger partial charge < -0.3 is 19.5 Å². The highest BCUT2D eigenvalue weighted by Crippen LogP contribution is 2.52. The molecular formula is C23H27N3O3. The fourth-order valence-electron chi connectivity index (χ4n) is 4.81. The third-order valence-corrected chi connectivity index (χ3v) is 6.49. The van der Waals surface area contributed by atoms with Crippen LogP contribution in [0.2, 0.25) is 0 Å². The van der Waals surface area contributed by atoms with Crippen molar-refractivity contribution in [1.82, 2.24) is 9.91 Å². The van der Waals surface area contributed by atoms with Crippen molar-refractivity contribution >= 4 is 5.71 Å². The Kier molecular flexibility index (Phi) is 4.39. The van der Waals surface area contributed by atoms with E-state index >= 15 is 0 Å². The van der Waals surface area contributed by atoms with E-state index in [9.17, 15) is 5.11 Å². The summed E-state index contributed by atoms with van der Waals surface area (Å²) in [6.45, 7) is 5.25. The van der Waals surface area contributed by atoms with E-state index in [2.05, 4.69) is 22.9 Å². The van der Waals surface area contributed by atoms with Crippen LogP contribution < -0.4 is 9.47 Å². The van der Waals surface area contributed by atoms with Gasteiger partial charge in [-0.2, -0.15) is 5.10 Å². The van der Waals surface area contributed by atoms with Crippen LogP contribution in [0.25, 0.3) is 0 Å². The summed E-state index contributed by atoms with van der Waals surface area (Å²) in [6.07, 6.45) is 2.62. The maximum Gasteiger partial charge on any atom is 0.200 e. The highest BCUT2D eigenvalue weighted by atomic mass is 16.5. The third kappa shape index (κ3) is 2.94. The summed E-state index contributed by atoms with van der Waals surface area (Å²) in [5, 5.41) is 16.9. The molecule has 29 heavy (non-hydrogen) atoms. The SMILES string of the molecule is CCN1CCC2(CC1)Oc1c(OC)cccc1[C@@H]1CC(c3ccc(O)cc3)=NN12. The van der Waals surface area contributed by atoms with Gasteiger partial charge in [0.1, 0.15) is 5.75 Å². The number of rotatable bonds is 3. The minimum atomic E-state index is -0.448. The van der Waals surface area contributed by atoms with Gasteiger partial charge in [0.2, 0.25) is 5.72 Å². The summed E-state index contributed by atoms with van der Waals surface area (Å²) >= 11 is 0. The van der Waals surface area contributed by atoms with Gasteiger partial charge in [-0.15, -0.1) is 0 Å². The summed E-state index contributed by atoms with van der Waals surface area (Å²) < 4.78 is 12.4. The molecule has 1 atom stereocenters. The number of benzene rings is 2. The van der Waals surface area contributed by atoms with Crippen molar-refractivity contribution in [2.45, 2.75) is 38.0 Å². The van der Waals surface area contributed by atoms with Crippen molar-refractivity contribution in [2.75, 3.05) is 26.7 Å². The lowest BCUT2D eigenvalue weighted by Gasteiger charge is -2.51. The molecule has 5 rings (SSSR count). The number of fused-ring (bicyclic) bond motifs is 4. The van der Waals surface area contributed by atoms with Crippen LogP contribution in [0.3, 0.4) is 0 Å². The summed E-state index contributed by atoms with van der Waals surface area (Å²) in [5.74, 6) is 1.92. The predicted molar refractivity (Wildman–Crippen MR) is 112 cm³/mol. The van der Waals surface area contributed by atoms with Gasteiger partial charge in [0.05, 0.1) is 18.9 Å². The van der Waals surface area contributed by atoms with Crippen LogP contribution in [0.1, 0.15) is 43.4 Å². The van der Waals surface area contributed by atoms with Crippen LogP contribution in [0.5, 0.6) is 17.2 Å². The molecule has 0 aliphatic carbocycles. The molecule has 3 aliphatic heterocycles. The van der Waals surface area contributed by atoms with Crippen LogP contribution >= 0.6 is 0 Å². The molecule has 1 saturated heterocycles. The van der Waals surface area contributed by atoms with Gasteiger partial charge >= 0.3 is 0 Å². The Morgan fingerprint density at radius 3 is 2.62 bits per heavy atom. The Labute approximate surface area is 171 Å². The van der Waals surface area contributed by atoms with Crippen molar-refractivity contribution in [1.29, 1.82) is 0 Å². The highest BCUT2D eigenvalue weighted by molar-refractivity contribution is 6.02. The molecule has 2 aromatic rings. The number of methoxy groups -OCH3 is 1. The molecule has 0 bridgehead atoms. The molecule has 0 amide bonds. The minimum Gasteiger partial charge on any atom is -0.508 e. The molecule has 3 aliphatic rings. The summed E-state index contributed by atoms with van der Waals surface area (Å²) in [4.78, 5) is 2.46. The quantitative estimate of drug-likeness (QED) is 0.861. The number of hydrazone groups is 1. The number of hydrogen-bond donors (Lipinski definition) is 1. The van der Waals surface area contributed by atoms with Crippen LogP contribution in [0.4, 0.5) is 0 Å². The lowest BCUT2D eigenvalue weighted by atomic mass is 9.90. The summed E-state index contributed by atoms with van der Waals surface area (Å²) in [6, 6.07) is 13.6. The maximum absolute atomic E-state index is 9.65. The lowest BCUT2D eigenvalue weighted by Crippen LogP contribution is -2.59. The monoisotopic (exact) mass is 393 g/mol. The molecule has 6 nitrogen and oxygen atoms in total. The lowest BCUT2D eigenvalue weighted by molar-refractivity contribution is -0.150. The van der Waals surface area contributed by atoms with E-state index in [0.29, 0.717) is 0 Å². The van der Waals surface area contributed by atoms with E-state index in [4.69, 9.17) is 14.6 Å². The number of likely N-dealkylation sites (tertiary alicyclic amines) is 1. The first-order valence-electron chi connectivity index (χ1n) is 10.4. The van der Waals surface area contributed by atoms with Crippen LogP contribution in [0, 0.1) is 0 Å². The first-order valence-corrected chi connectivity index (χ1v) is 10.4. The highest BCUT2D eigenvalue weighted by Gasteiger charge is 2.52. The standard InChI is InChI=1S/C23H27N3O3/c1-3-25-13-11-23(12-14-25)26-20(18-5-4-6-21(28-2)22(18)29-23)15-19(24-26)16-7-9-17(27)10-8-16/h4-10,20,27H,3,11-15H2,1-2H3/t20-/m0/s1. The second kappa shape index (κ2) is 6.95. The molecule has 6 heteroatoms. The molecule has 1 N–H and O–H groups in total. The van der Waals surface area contributed by atoms with Gasteiger partial charge in [0.15, 0.2) is 11.5 Å². The Hall–Kier alpha value is -2.73. The van der Waals surface area contributed by atoms with Gasteiger partial charge in [-0.3, -0.25) is 0 Å². The number of nitrogens with zero attached hydrogens (tertiary/aromatic N) is 3. The fourth-order valence-corrected chi connectivity index (χ4v) is 4.81. The Bertz CT molecular complexity index is 933. The van der Waals surface area contributed by atoms with Crippen molar-refractivity contribution in [2.24, 2.45) is 5.10 Å². The van der Waals surface area contributed by atoms with Gasteiger partial charge in [0.25, 0.3) is 0 Å². The summed E-state index contributed by atoms with van der Waals surface area (Å²) in [7, 11) is 1.70. The summed E-state index contributed by atoms with van der Waals surface area (Å²) in [5.41, 5.74) is 2.76. The molecule has 0 aromatic heterocycles. The number of aromatic hydroxyl groups is 1. The topological polar surface area (TPSA) is 57.5 Å². The molecule has 3 heterocycles. The van der Waals surface area contributed by atoms with E-state index in [1.165, 1.54) is 0 Å². The second-order valence-corrected chi connectivity index (χ2v) is 8.02. The molecule has 1 fully saturated rings. The molecule has 1 spiro atoms. The van der Waals surface area contributed by atoms with E-state index in [1.54, 1.807) is 19.2 Å². The number of piperidine rings is 1. The Morgan fingerprint density at radius 2 is 1.93 bits per heavy atom. The van der Waals surface area contributed by atoms with Crippen LogP contribution in [-0.4, -0.2) is 53.2 Å². The number of phenols is 1. The first-order chi connectivity index (χ1) is 14.1. The molecule has 0 saturated carbocycles. The number of phenolic OH excluding ortho intramolecular Hbond substituents is 1. The second-order valence-electron chi connectivity index (χ2n) is 8.02. The number of hydrogen-bond acceptors (Lipinski definition) is 6. The predicted octanol–water partition coefficient (Wildman–Crippen LogP) is 3.76. The molecule has 2 aromatic carbocycles. The van der Waals surface area contributed by atoms with Gasteiger partial charge in [0, 0.05) is 37.9 Å². The largest absolute Gasteiger partial charge is 0.508 e. The average molecular weight is 393 g/mol. The van der Waals surface area contributed by atoms with Crippen LogP contribution in [0.15, 0.2) is 47.6 Å². The zero-order chi connectivity index (χ0) is 20.0. The van der Waals surface area contributed by atoms with Gasteiger partial charge in [-0.1, -0.05) is 19.1 Å². The Balaban J connectivity index is 1.57. The van der Waals surface area contributed by atoms with Crippen molar-refractivity contribution in [3.8, 4) is 17.2 Å². The zero-order valence-electron chi connectivity index (χ0n) is 17.0. The molecular weight excluding hydrogens is 366 g/mol. The first kappa shape index (κ1) is 18.3. The smallest absolute Gasteiger partial charge is 0.200 e. The van der Waals surface area contributed by atoms with E-state index in [1.807, 2.05) is 24.3 Å². The third-order valence-electron chi connectivity index (χ3n) is 6.49. The minimum absolute atomic E-state index is 0.130. The average Bonchev–Trinajstić information content (AvgIpc) is 3.21. The van der Waals surface area contributed by atoms with Crippen molar-refractivity contribution in [3.05, 3.63) is 53.6 Å². The Morgan fingerprint density at radius 1 is 1.17 bits per heavy atom.